The van der Waals surface area contributed by atoms with Gasteiger partial charge >= 0.3 is 5.97 Å². The number of hydrogen-bond donors (Lipinski definition) is 0. The lowest BCUT2D eigenvalue weighted by atomic mass is 9.86. The molecule has 0 spiro atoms. The number of ether oxygens (including phenoxy) is 1. The second-order valence-electron chi connectivity index (χ2n) is 4.17. The van der Waals surface area contributed by atoms with Crippen LogP contribution in [0.25, 0.3) is 0 Å². The van der Waals surface area contributed by atoms with Crippen LogP contribution in [0.5, 0.6) is 0 Å². The average molecular weight is 182 g/mol. The summed E-state index contributed by atoms with van der Waals surface area (Å²) in [5.74, 6) is -0.287. The zero-order valence-electron chi connectivity index (χ0n) is 8.51. The average Bonchev–Trinajstić information content (AvgIpc) is 2.48. The first kappa shape index (κ1) is 10.3. The third-order valence-corrected chi connectivity index (χ3v) is 3.09. The van der Waals surface area contributed by atoms with E-state index < -0.39 is 0 Å². The molecule has 13 heavy (non-hydrogen) atoms. The quantitative estimate of drug-likeness (QED) is 0.495. The van der Waals surface area contributed by atoms with Gasteiger partial charge in [-0.3, -0.25) is 0 Å². The van der Waals surface area contributed by atoms with E-state index >= 15 is 0 Å². The summed E-state index contributed by atoms with van der Waals surface area (Å²) in [6, 6.07) is 0. The Balaban J connectivity index is 2.41. The number of carbonyl (C=O) groups is 1. The van der Waals surface area contributed by atoms with Crippen molar-refractivity contribution in [3.63, 3.8) is 0 Å². The maximum atomic E-state index is 10.9. The van der Waals surface area contributed by atoms with Crippen molar-refractivity contribution in [1.29, 1.82) is 0 Å². The zero-order valence-corrected chi connectivity index (χ0v) is 8.51. The lowest BCUT2D eigenvalue weighted by molar-refractivity contribution is -0.142. The molecule has 0 saturated heterocycles. The van der Waals surface area contributed by atoms with Gasteiger partial charge in [0.2, 0.25) is 0 Å². The Bertz CT molecular complexity index is 210. The van der Waals surface area contributed by atoms with E-state index in [2.05, 4.69) is 20.4 Å². The molecule has 1 aliphatic rings. The molecule has 1 fully saturated rings. The number of carbonyl (C=O) groups excluding carboxylic acids is 1. The van der Waals surface area contributed by atoms with Crippen LogP contribution >= 0.6 is 0 Å². The van der Waals surface area contributed by atoms with Gasteiger partial charge in [0, 0.05) is 6.08 Å². The molecular weight excluding hydrogens is 164 g/mol. The topological polar surface area (TPSA) is 26.3 Å². The minimum Gasteiger partial charge on any atom is -0.459 e. The number of hydrogen-bond acceptors (Lipinski definition) is 2. The fourth-order valence-electron chi connectivity index (χ4n) is 1.90. The molecule has 0 heterocycles. The molecule has 74 valence electrons. The zero-order chi connectivity index (χ0) is 9.90. The molecule has 0 aromatic carbocycles. The van der Waals surface area contributed by atoms with Gasteiger partial charge in [-0.05, 0) is 24.7 Å². The molecule has 0 N–H and O–H groups in total. The summed E-state index contributed by atoms with van der Waals surface area (Å²) in [4.78, 5) is 10.9. The molecule has 0 aromatic heterocycles. The normalized spacial score (nSPS) is 32.9. The molecule has 0 aliphatic heterocycles. The second kappa shape index (κ2) is 3.95. The van der Waals surface area contributed by atoms with E-state index in [-0.39, 0.29) is 12.1 Å². The van der Waals surface area contributed by atoms with Crippen molar-refractivity contribution < 1.29 is 9.53 Å². The number of esters is 1. The van der Waals surface area contributed by atoms with Gasteiger partial charge in [-0.2, -0.15) is 0 Å². The molecule has 0 amide bonds. The summed E-state index contributed by atoms with van der Waals surface area (Å²) >= 11 is 0. The Morgan fingerprint density at radius 3 is 2.92 bits per heavy atom. The van der Waals surface area contributed by atoms with Crippen LogP contribution in [0.2, 0.25) is 0 Å². The van der Waals surface area contributed by atoms with E-state index in [9.17, 15) is 4.79 Å². The molecule has 2 unspecified atom stereocenters. The van der Waals surface area contributed by atoms with Gasteiger partial charge in [-0.1, -0.05) is 26.8 Å². The molecule has 1 rings (SSSR count). The maximum Gasteiger partial charge on any atom is 0.330 e. The van der Waals surface area contributed by atoms with E-state index in [1.165, 1.54) is 12.5 Å². The molecule has 2 nitrogen and oxygen atoms in total. The van der Waals surface area contributed by atoms with E-state index in [1.54, 1.807) is 0 Å². The van der Waals surface area contributed by atoms with Gasteiger partial charge < -0.3 is 4.74 Å². The summed E-state index contributed by atoms with van der Waals surface area (Å²) in [5, 5.41) is 0. The fourth-order valence-corrected chi connectivity index (χ4v) is 1.90. The van der Waals surface area contributed by atoms with Crippen LogP contribution < -0.4 is 0 Å². The van der Waals surface area contributed by atoms with Crippen LogP contribution in [0.15, 0.2) is 12.7 Å². The van der Waals surface area contributed by atoms with Gasteiger partial charge in [0.05, 0.1) is 0 Å². The SMILES string of the molecule is C=CC(=O)OC1CCC(C)(CC)C1. The van der Waals surface area contributed by atoms with E-state index in [0.717, 1.165) is 19.3 Å². The molecule has 2 heteroatoms. The summed E-state index contributed by atoms with van der Waals surface area (Å²) in [7, 11) is 0. The lowest BCUT2D eigenvalue weighted by Gasteiger charge is -2.21. The first-order chi connectivity index (χ1) is 6.09. The van der Waals surface area contributed by atoms with Crippen molar-refractivity contribution in [3.05, 3.63) is 12.7 Å². The van der Waals surface area contributed by atoms with E-state index in [0.29, 0.717) is 5.41 Å². The smallest absolute Gasteiger partial charge is 0.330 e. The van der Waals surface area contributed by atoms with Crippen molar-refractivity contribution in [1.82, 2.24) is 0 Å². The van der Waals surface area contributed by atoms with Crippen molar-refractivity contribution in [2.75, 3.05) is 0 Å². The highest BCUT2D eigenvalue weighted by Gasteiger charge is 2.35. The predicted octanol–water partition coefficient (Wildman–Crippen LogP) is 2.68. The van der Waals surface area contributed by atoms with Crippen molar-refractivity contribution in [2.45, 2.75) is 45.6 Å². The summed E-state index contributed by atoms with van der Waals surface area (Å²) in [5.41, 5.74) is 0.381. The van der Waals surface area contributed by atoms with Crippen LogP contribution in [0.1, 0.15) is 39.5 Å². The van der Waals surface area contributed by atoms with Crippen LogP contribution in [0, 0.1) is 5.41 Å². The Hall–Kier alpha value is -0.790. The maximum absolute atomic E-state index is 10.9. The Kier molecular flexibility index (Phi) is 3.12. The largest absolute Gasteiger partial charge is 0.459 e. The first-order valence-corrected chi connectivity index (χ1v) is 4.93. The minimum atomic E-state index is -0.287. The van der Waals surface area contributed by atoms with Crippen LogP contribution in [-0.4, -0.2) is 12.1 Å². The van der Waals surface area contributed by atoms with Crippen molar-refractivity contribution in [2.24, 2.45) is 5.41 Å². The fraction of sp³-hybridized carbons (Fsp3) is 0.727. The summed E-state index contributed by atoms with van der Waals surface area (Å²) in [6.45, 7) is 7.84. The molecule has 2 atom stereocenters. The monoisotopic (exact) mass is 182 g/mol. The van der Waals surface area contributed by atoms with Gasteiger partial charge in [0.25, 0.3) is 0 Å². The summed E-state index contributed by atoms with van der Waals surface area (Å²) < 4.78 is 5.20. The van der Waals surface area contributed by atoms with Crippen molar-refractivity contribution in [3.8, 4) is 0 Å². The van der Waals surface area contributed by atoms with Crippen LogP contribution in [0.3, 0.4) is 0 Å². The predicted molar refractivity (Wildman–Crippen MR) is 52.3 cm³/mol. The van der Waals surface area contributed by atoms with Crippen molar-refractivity contribution >= 4 is 5.97 Å². The molecule has 1 aliphatic carbocycles. The third kappa shape index (κ3) is 2.58. The van der Waals surface area contributed by atoms with Gasteiger partial charge in [0.15, 0.2) is 0 Å². The van der Waals surface area contributed by atoms with Crippen LogP contribution in [0.4, 0.5) is 0 Å². The lowest BCUT2D eigenvalue weighted by Crippen LogP contribution is -2.16. The molecular formula is C11H18O2. The van der Waals surface area contributed by atoms with Crippen LogP contribution in [-0.2, 0) is 9.53 Å². The highest BCUT2D eigenvalue weighted by atomic mass is 16.5. The Morgan fingerprint density at radius 2 is 2.46 bits per heavy atom. The highest BCUT2D eigenvalue weighted by molar-refractivity contribution is 5.81. The number of rotatable bonds is 3. The molecule has 1 saturated carbocycles. The molecule has 0 radical (unpaired) electrons. The van der Waals surface area contributed by atoms with Gasteiger partial charge in [-0.15, -0.1) is 0 Å². The molecule has 0 aromatic rings. The Labute approximate surface area is 80.0 Å². The van der Waals surface area contributed by atoms with Gasteiger partial charge in [0.1, 0.15) is 6.10 Å². The molecule has 0 bridgehead atoms. The standard InChI is InChI=1S/C11H18O2/c1-4-10(12)13-9-6-7-11(3,5-2)8-9/h4,9H,1,5-8H2,2-3H3. The van der Waals surface area contributed by atoms with E-state index in [1.807, 2.05) is 0 Å². The van der Waals surface area contributed by atoms with E-state index in [4.69, 9.17) is 4.74 Å². The van der Waals surface area contributed by atoms with Gasteiger partial charge in [-0.25, -0.2) is 4.79 Å². The highest BCUT2D eigenvalue weighted by Crippen LogP contribution is 2.41. The Morgan fingerprint density at radius 1 is 1.77 bits per heavy atom. The minimum absolute atomic E-state index is 0.121. The summed E-state index contributed by atoms with van der Waals surface area (Å²) in [6.07, 6.45) is 5.69. The second-order valence-corrected chi connectivity index (χ2v) is 4.17. The first-order valence-electron chi connectivity index (χ1n) is 4.93. The third-order valence-electron chi connectivity index (χ3n) is 3.09.